The van der Waals surface area contributed by atoms with Crippen molar-refractivity contribution in [2.75, 3.05) is 0 Å². The smallest absolute Gasteiger partial charge is 0.404 e. The molecule has 0 amide bonds. The molecule has 0 bridgehead atoms. The van der Waals surface area contributed by atoms with Gasteiger partial charge in [-0.05, 0) is 11.1 Å². The Kier molecular flexibility index (Phi) is 2.23. The van der Waals surface area contributed by atoms with Gasteiger partial charge >= 0.3 is 5.43 Å². The van der Waals surface area contributed by atoms with Gasteiger partial charge in [-0.25, -0.2) is 4.79 Å². The topological polar surface area (TPSA) is 26.3 Å². The van der Waals surface area contributed by atoms with Crippen molar-refractivity contribution in [3.8, 4) is 0 Å². The number of rotatable bonds is 1. The van der Waals surface area contributed by atoms with Gasteiger partial charge in [-0.3, -0.25) is 0 Å². The van der Waals surface area contributed by atoms with Gasteiger partial charge in [0.25, 0.3) is 0 Å². The Hall–Kier alpha value is -1.02. The van der Waals surface area contributed by atoms with E-state index in [1.807, 2.05) is 12.1 Å². The van der Waals surface area contributed by atoms with E-state index in [0.717, 1.165) is 12.8 Å². The van der Waals surface area contributed by atoms with Crippen molar-refractivity contribution < 1.29 is 9.53 Å². The van der Waals surface area contributed by atoms with E-state index in [1.165, 1.54) is 11.1 Å². The third kappa shape index (κ3) is 1.83. The fourth-order valence-electron chi connectivity index (χ4n) is 1.73. The molecular formula is C10H9ClO2. The maximum absolute atomic E-state index is 10.5. The molecular weight excluding hydrogens is 188 g/mol. The molecule has 0 N–H and O–H groups in total. The molecule has 2 nitrogen and oxygen atoms in total. The summed E-state index contributed by atoms with van der Waals surface area (Å²) in [5, 5.41) is 0. The van der Waals surface area contributed by atoms with Crippen LogP contribution in [0, 0.1) is 0 Å². The molecule has 0 saturated heterocycles. The van der Waals surface area contributed by atoms with Gasteiger partial charge in [0.2, 0.25) is 0 Å². The minimum atomic E-state index is -0.710. The first-order valence-electron chi connectivity index (χ1n) is 4.18. The van der Waals surface area contributed by atoms with E-state index in [0.29, 0.717) is 0 Å². The van der Waals surface area contributed by atoms with E-state index < -0.39 is 5.43 Å². The van der Waals surface area contributed by atoms with Crippen LogP contribution in [0.5, 0.6) is 0 Å². The minimum Gasteiger partial charge on any atom is -0.450 e. The predicted molar refractivity (Wildman–Crippen MR) is 50.0 cm³/mol. The average molecular weight is 197 g/mol. The van der Waals surface area contributed by atoms with E-state index in [1.54, 1.807) is 0 Å². The molecule has 0 spiro atoms. The third-order valence-electron chi connectivity index (χ3n) is 2.27. The number of hydrogen-bond donors (Lipinski definition) is 0. The number of benzene rings is 1. The van der Waals surface area contributed by atoms with Crippen molar-refractivity contribution in [3.05, 3.63) is 35.4 Å². The molecule has 1 aliphatic carbocycles. The van der Waals surface area contributed by atoms with Gasteiger partial charge in [-0.15, -0.1) is 0 Å². The second-order valence-electron chi connectivity index (χ2n) is 3.15. The molecule has 1 aromatic rings. The predicted octanol–water partition coefficient (Wildman–Crippen LogP) is 2.53. The van der Waals surface area contributed by atoms with Crippen LogP contribution in [-0.4, -0.2) is 11.5 Å². The summed E-state index contributed by atoms with van der Waals surface area (Å²) in [6, 6.07) is 8.09. The first-order valence-corrected chi connectivity index (χ1v) is 4.56. The molecule has 1 aromatic carbocycles. The summed E-state index contributed by atoms with van der Waals surface area (Å²) in [5.41, 5.74) is 1.80. The van der Waals surface area contributed by atoms with Crippen molar-refractivity contribution in [3.63, 3.8) is 0 Å². The van der Waals surface area contributed by atoms with E-state index in [9.17, 15) is 4.79 Å². The zero-order valence-corrected chi connectivity index (χ0v) is 7.75. The molecule has 0 atom stereocenters. The molecule has 0 heterocycles. The van der Waals surface area contributed by atoms with Crippen LogP contribution in [0.15, 0.2) is 24.3 Å². The number of fused-ring (bicyclic) bond motifs is 1. The SMILES string of the molecule is O=C(Cl)OC1Cc2ccccc2C1. The lowest BCUT2D eigenvalue weighted by molar-refractivity contribution is 0.127. The quantitative estimate of drug-likeness (QED) is 0.646. The number of hydrogen-bond acceptors (Lipinski definition) is 2. The molecule has 3 heteroatoms. The fourth-order valence-corrected chi connectivity index (χ4v) is 1.86. The molecule has 0 radical (unpaired) electrons. The molecule has 68 valence electrons. The number of carbonyl (C=O) groups is 1. The van der Waals surface area contributed by atoms with Gasteiger partial charge in [0.05, 0.1) is 0 Å². The van der Waals surface area contributed by atoms with E-state index in [-0.39, 0.29) is 6.10 Å². The minimum absolute atomic E-state index is 0.0672. The Morgan fingerprint density at radius 3 is 2.31 bits per heavy atom. The zero-order valence-electron chi connectivity index (χ0n) is 7.00. The van der Waals surface area contributed by atoms with Crippen LogP contribution >= 0.6 is 11.6 Å². The summed E-state index contributed by atoms with van der Waals surface area (Å²) >= 11 is 5.14. The molecule has 0 aromatic heterocycles. The van der Waals surface area contributed by atoms with E-state index in [2.05, 4.69) is 12.1 Å². The van der Waals surface area contributed by atoms with Crippen LogP contribution in [0.1, 0.15) is 11.1 Å². The summed E-state index contributed by atoms with van der Waals surface area (Å²) in [4.78, 5) is 10.5. The summed E-state index contributed by atoms with van der Waals surface area (Å²) in [7, 11) is 0. The summed E-state index contributed by atoms with van der Waals surface area (Å²) in [6.07, 6.45) is 1.51. The molecule has 13 heavy (non-hydrogen) atoms. The van der Waals surface area contributed by atoms with Crippen LogP contribution in [-0.2, 0) is 17.6 Å². The van der Waals surface area contributed by atoms with Gasteiger partial charge in [0.1, 0.15) is 6.10 Å². The van der Waals surface area contributed by atoms with Gasteiger partial charge in [0.15, 0.2) is 0 Å². The molecule has 2 rings (SSSR count). The Balaban J connectivity index is 2.09. The second-order valence-corrected chi connectivity index (χ2v) is 3.46. The lowest BCUT2D eigenvalue weighted by atomic mass is 10.1. The number of halogens is 1. The highest BCUT2D eigenvalue weighted by Crippen LogP contribution is 2.24. The lowest BCUT2D eigenvalue weighted by Gasteiger charge is -2.06. The summed E-state index contributed by atoms with van der Waals surface area (Å²) in [6.45, 7) is 0. The Morgan fingerprint density at radius 1 is 1.31 bits per heavy atom. The number of carbonyl (C=O) groups excluding carboxylic acids is 1. The lowest BCUT2D eigenvalue weighted by Crippen LogP contribution is -2.13. The first-order chi connectivity index (χ1) is 6.25. The normalized spacial score (nSPS) is 15.5. The van der Waals surface area contributed by atoms with E-state index >= 15 is 0 Å². The molecule has 1 aliphatic rings. The van der Waals surface area contributed by atoms with Crippen LogP contribution < -0.4 is 0 Å². The van der Waals surface area contributed by atoms with Crippen LogP contribution in [0.25, 0.3) is 0 Å². The summed E-state index contributed by atoms with van der Waals surface area (Å²) < 4.78 is 4.92. The molecule has 0 unspecified atom stereocenters. The fraction of sp³-hybridized carbons (Fsp3) is 0.300. The van der Waals surface area contributed by atoms with Crippen LogP contribution in [0.2, 0.25) is 0 Å². The average Bonchev–Trinajstić information content (AvgIpc) is 2.44. The maximum Gasteiger partial charge on any atom is 0.404 e. The van der Waals surface area contributed by atoms with Gasteiger partial charge in [0, 0.05) is 24.4 Å². The van der Waals surface area contributed by atoms with Crippen molar-refractivity contribution >= 4 is 17.0 Å². The van der Waals surface area contributed by atoms with Crippen molar-refractivity contribution in [2.24, 2.45) is 0 Å². The van der Waals surface area contributed by atoms with Crippen molar-refractivity contribution in [1.82, 2.24) is 0 Å². The summed E-state index contributed by atoms with van der Waals surface area (Å²) in [5.74, 6) is 0. The third-order valence-corrected chi connectivity index (χ3v) is 2.36. The highest BCUT2D eigenvalue weighted by atomic mass is 35.5. The highest BCUT2D eigenvalue weighted by Gasteiger charge is 2.23. The first kappa shape index (κ1) is 8.57. The van der Waals surface area contributed by atoms with Gasteiger partial charge < -0.3 is 4.74 Å². The van der Waals surface area contributed by atoms with Crippen LogP contribution in [0.3, 0.4) is 0 Å². The van der Waals surface area contributed by atoms with Gasteiger partial charge in [-0.2, -0.15) is 0 Å². The van der Waals surface area contributed by atoms with E-state index in [4.69, 9.17) is 16.3 Å². The molecule has 0 fully saturated rings. The number of ether oxygens (including phenoxy) is 1. The largest absolute Gasteiger partial charge is 0.450 e. The highest BCUT2D eigenvalue weighted by molar-refractivity contribution is 6.61. The Bertz CT molecular complexity index is 310. The van der Waals surface area contributed by atoms with Crippen molar-refractivity contribution in [1.29, 1.82) is 0 Å². The molecule has 0 aliphatic heterocycles. The maximum atomic E-state index is 10.5. The van der Waals surface area contributed by atoms with Gasteiger partial charge in [-0.1, -0.05) is 24.3 Å². The molecule has 0 saturated carbocycles. The van der Waals surface area contributed by atoms with Crippen molar-refractivity contribution in [2.45, 2.75) is 18.9 Å². The van der Waals surface area contributed by atoms with Crippen LogP contribution in [0.4, 0.5) is 4.79 Å². The zero-order chi connectivity index (χ0) is 9.26. The second kappa shape index (κ2) is 3.38. The monoisotopic (exact) mass is 196 g/mol. The Morgan fingerprint density at radius 2 is 1.85 bits per heavy atom. The standard InChI is InChI=1S/C10H9ClO2/c11-10(12)13-9-5-7-3-1-2-4-8(7)6-9/h1-4,9H,5-6H2. The Labute approximate surface area is 81.5 Å².